The quantitative estimate of drug-likeness (QED) is 0.603. The lowest BCUT2D eigenvalue weighted by Gasteiger charge is -2.06. The molecule has 0 atom stereocenters. The maximum atomic E-state index is 11.7. The summed E-state index contributed by atoms with van der Waals surface area (Å²) in [6.07, 6.45) is 14.4. The van der Waals surface area contributed by atoms with E-state index in [0.717, 1.165) is 12.8 Å². The Bertz CT molecular complexity index is 494. The number of aryl methyl sites for hydroxylation is 1. The molecule has 0 saturated heterocycles. The molecule has 3 N–H and O–H groups in total. The van der Waals surface area contributed by atoms with E-state index < -0.39 is 0 Å². The van der Waals surface area contributed by atoms with Gasteiger partial charge in [0.15, 0.2) is 0 Å². The smallest absolute Gasteiger partial charge is 0.315 e. The van der Waals surface area contributed by atoms with Crippen LogP contribution in [0.25, 0.3) is 0 Å². The van der Waals surface area contributed by atoms with Crippen LogP contribution in [0.3, 0.4) is 0 Å². The Morgan fingerprint density at radius 3 is 2.05 bits per heavy atom. The van der Waals surface area contributed by atoms with E-state index in [4.69, 9.17) is 0 Å². The van der Waals surface area contributed by atoms with Crippen molar-refractivity contribution in [1.82, 2.24) is 4.57 Å². The summed E-state index contributed by atoms with van der Waals surface area (Å²) in [5.41, 5.74) is 3.85. The topological polar surface area (TPSA) is 66.7 Å². The Balaban J connectivity index is 2.13. The maximum absolute atomic E-state index is 11.7. The third-order valence-electron chi connectivity index (χ3n) is 4.06. The Hall–Kier alpha value is -1.42. The number of hydrogen-bond donors (Lipinski definition) is 1. The zero-order chi connectivity index (χ0) is 16.2. The molecule has 0 spiro atoms. The number of aromatic nitrogens is 1. The Labute approximate surface area is 133 Å². The first kappa shape index (κ1) is 18.6. The van der Waals surface area contributed by atoms with Crippen LogP contribution in [-0.4, -0.2) is 10.5 Å². The molecule has 0 aromatic carbocycles. The Morgan fingerprint density at radius 2 is 1.50 bits per heavy atom. The van der Waals surface area contributed by atoms with E-state index in [1.807, 2.05) is 0 Å². The van der Waals surface area contributed by atoms with E-state index in [1.165, 1.54) is 57.4 Å². The summed E-state index contributed by atoms with van der Waals surface area (Å²) in [5, 5.41) is 0. The predicted octanol–water partition coefficient (Wildman–Crippen LogP) is 3.15. The molecule has 4 nitrogen and oxygen atoms in total. The molecule has 0 saturated carbocycles. The van der Waals surface area contributed by atoms with Gasteiger partial charge in [-0.05, 0) is 12.5 Å². The van der Waals surface area contributed by atoms with Crippen molar-refractivity contribution in [3.63, 3.8) is 0 Å². The SMILES string of the molecule is CCCCCCCCCCCCn1cc(C([NH3+])=O)ccc1=O. The average molecular weight is 307 g/mol. The van der Waals surface area contributed by atoms with E-state index in [-0.39, 0.29) is 11.5 Å². The van der Waals surface area contributed by atoms with Gasteiger partial charge in [-0.15, -0.1) is 0 Å². The summed E-state index contributed by atoms with van der Waals surface area (Å²) in [4.78, 5) is 22.9. The van der Waals surface area contributed by atoms with Crippen LogP contribution in [0, 0.1) is 0 Å². The second-order valence-electron chi connectivity index (χ2n) is 6.05. The monoisotopic (exact) mass is 307 g/mol. The van der Waals surface area contributed by atoms with Crippen LogP contribution in [0.1, 0.15) is 81.5 Å². The second-order valence-corrected chi connectivity index (χ2v) is 6.05. The van der Waals surface area contributed by atoms with Crippen LogP contribution < -0.4 is 11.3 Å². The highest BCUT2D eigenvalue weighted by Gasteiger charge is 2.06. The van der Waals surface area contributed by atoms with E-state index in [1.54, 1.807) is 16.8 Å². The summed E-state index contributed by atoms with van der Waals surface area (Å²) >= 11 is 0. The Kier molecular flexibility index (Phi) is 9.47. The number of quaternary nitrogens is 1. The molecule has 0 aliphatic carbocycles. The molecule has 22 heavy (non-hydrogen) atoms. The highest BCUT2D eigenvalue weighted by atomic mass is 16.1. The van der Waals surface area contributed by atoms with Gasteiger partial charge in [0.1, 0.15) is 0 Å². The summed E-state index contributed by atoms with van der Waals surface area (Å²) in [6, 6.07) is 3.00. The lowest BCUT2D eigenvalue weighted by atomic mass is 10.1. The number of nitrogens with zero attached hydrogens (tertiary/aromatic N) is 1. The van der Waals surface area contributed by atoms with Gasteiger partial charge in [-0.25, -0.2) is 4.79 Å². The summed E-state index contributed by atoms with van der Waals surface area (Å²) < 4.78 is 1.63. The van der Waals surface area contributed by atoms with Gasteiger partial charge in [0, 0.05) is 18.8 Å². The fraction of sp³-hybridized carbons (Fsp3) is 0.667. The predicted molar refractivity (Wildman–Crippen MR) is 89.8 cm³/mol. The number of rotatable bonds is 12. The minimum atomic E-state index is -0.239. The normalized spacial score (nSPS) is 10.8. The van der Waals surface area contributed by atoms with Crippen molar-refractivity contribution in [2.75, 3.05) is 0 Å². The molecular weight excluding hydrogens is 276 g/mol. The van der Waals surface area contributed by atoms with E-state index in [2.05, 4.69) is 12.7 Å². The minimum absolute atomic E-state index is 0.0408. The van der Waals surface area contributed by atoms with Crippen LogP contribution >= 0.6 is 0 Å². The Morgan fingerprint density at radius 1 is 0.955 bits per heavy atom. The summed E-state index contributed by atoms with van der Waals surface area (Å²) in [5.74, 6) is -0.239. The molecule has 0 fully saturated rings. The molecule has 1 aromatic rings. The minimum Gasteiger partial charge on any atom is -0.315 e. The lowest BCUT2D eigenvalue weighted by Crippen LogP contribution is -2.57. The van der Waals surface area contributed by atoms with Gasteiger partial charge in [-0.2, -0.15) is 0 Å². The third-order valence-corrected chi connectivity index (χ3v) is 4.06. The van der Waals surface area contributed by atoms with Crippen molar-refractivity contribution < 1.29 is 10.5 Å². The zero-order valence-corrected chi connectivity index (χ0v) is 14.0. The van der Waals surface area contributed by atoms with E-state index >= 15 is 0 Å². The van der Waals surface area contributed by atoms with Gasteiger partial charge in [0.2, 0.25) is 0 Å². The molecule has 1 aromatic heterocycles. The van der Waals surface area contributed by atoms with Crippen LogP contribution in [0.2, 0.25) is 0 Å². The number of carbonyl (C=O) groups is 1. The lowest BCUT2D eigenvalue weighted by molar-refractivity contribution is -0.255. The molecule has 0 aliphatic rings. The van der Waals surface area contributed by atoms with Crippen molar-refractivity contribution in [1.29, 1.82) is 0 Å². The number of pyridine rings is 1. The molecular formula is C18H31N2O2+. The number of hydrogen-bond acceptors (Lipinski definition) is 2. The second kappa shape index (κ2) is 11.2. The molecule has 1 amide bonds. The molecule has 0 radical (unpaired) electrons. The number of carbonyl (C=O) groups excluding carboxylic acids is 1. The van der Waals surface area contributed by atoms with Gasteiger partial charge >= 0.3 is 5.91 Å². The first-order chi connectivity index (χ1) is 10.6. The fourth-order valence-corrected chi connectivity index (χ4v) is 2.64. The number of unbranched alkanes of at least 4 members (excludes halogenated alkanes) is 9. The van der Waals surface area contributed by atoms with Gasteiger partial charge in [0.05, 0.1) is 5.56 Å². The third kappa shape index (κ3) is 7.55. The molecule has 1 heterocycles. The molecule has 1 rings (SSSR count). The van der Waals surface area contributed by atoms with Crippen molar-refractivity contribution >= 4 is 5.91 Å². The highest BCUT2D eigenvalue weighted by molar-refractivity contribution is 5.85. The first-order valence-electron chi connectivity index (χ1n) is 8.72. The molecule has 0 aliphatic heterocycles. The van der Waals surface area contributed by atoms with Gasteiger partial charge < -0.3 is 4.57 Å². The summed E-state index contributed by atoms with van der Waals surface area (Å²) in [7, 11) is 0. The van der Waals surface area contributed by atoms with Gasteiger partial charge in [0.25, 0.3) is 5.56 Å². The number of amides is 1. The molecule has 0 unspecified atom stereocenters. The zero-order valence-electron chi connectivity index (χ0n) is 14.0. The van der Waals surface area contributed by atoms with Gasteiger partial charge in [-0.1, -0.05) is 64.7 Å². The highest BCUT2D eigenvalue weighted by Crippen LogP contribution is 2.10. The fourth-order valence-electron chi connectivity index (χ4n) is 2.64. The molecule has 124 valence electrons. The first-order valence-corrected chi connectivity index (χ1v) is 8.72. The van der Waals surface area contributed by atoms with Crippen LogP contribution in [0.15, 0.2) is 23.1 Å². The molecule has 0 bridgehead atoms. The molecule has 4 heteroatoms. The van der Waals surface area contributed by atoms with E-state index in [0.29, 0.717) is 12.1 Å². The average Bonchev–Trinajstić information content (AvgIpc) is 2.50. The van der Waals surface area contributed by atoms with Crippen LogP contribution in [0.5, 0.6) is 0 Å². The standard InChI is InChI=1S/C18H30N2O2/c1-2-3-4-5-6-7-8-9-10-11-14-20-15-16(18(19)22)12-13-17(20)21/h12-13,15H,2-11,14H2,1H3,(H2,19,22)/p+1. The summed E-state index contributed by atoms with van der Waals surface area (Å²) in [6.45, 7) is 2.93. The van der Waals surface area contributed by atoms with Crippen molar-refractivity contribution in [2.45, 2.75) is 77.7 Å². The van der Waals surface area contributed by atoms with Crippen molar-refractivity contribution in [2.24, 2.45) is 0 Å². The van der Waals surface area contributed by atoms with Crippen LogP contribution in [0.4, 0.5) is 0 Å². The van der Waals surface area contributed by atoms with Crippen molar-refractivity contribution in [3.05, 3.63) is 34.2 Å². The largest absolute Gasteiger partial charge is 0.342 e. The van der Waals surface area contributed by atoms with Crippen LogP contribution in [-0.2, 0) is 6.54 Å². The van der Waals surface area contributed by atoms with Gasteiger partial charge in [-0.3, -0.25) is 10.5 Å². The maximum Gasteiger partial charge on any atom is 0.342 e. The van der Waals surface area contributed by atoms with Crippen molar-refractivity contribution in [3.8, 4) is 0 Å². The van der Waals surface area contributed by atoms with E-state index in [9.17, 15) is 9.59 Å².